The standard InChI is InChI=1S/C18H15BrN2O3/c19-14-2-3-15-13(8-14)5-6-21(15)10-18(22)20-9-12-1-4-16-17(7-12)24-11-23-16/h1-8H,9-11H2,(H,20,22). The summed E-state index contributed by atoms with van der Waals surface area (Å²) in [4.78, 5) is 12.2. The number of aromatic nitrogens is 1. The normalized spacial score (nSPS) is 12.5. The molecule has 0 saturated heterocycles. The molecule has 1 aliphatic heterocycles. The molecule has 0 fully saturated rings. The SMILES string of the molecule is O=C(Cn1ccc2cc(Br)ccc21)NCc1ccc2c(c1)OCO2. The van der Waals surface area contributed by atoms with Gasteiger partial charge in [-0.2, -0.15) is 0 Å². The third-order valence-electron chi connectivity index (χ3n) is 3.97. The van der Waals surface area contributed by atoms with Crippen molar-refractivity contribution < 1.29 is 14.3 Å². The Hall–Kier alpha value is -2.47. The monoisotopic (exact) mass is 386 g/mol. The van der Waals surface area contributed by atoms with E-state index in [2.05, 4.69) is 21.2 Å². The number of halogens is 1. The van der Waals surface area contributed by atoms with Gasteiger partial charge in [0.25, 0.3) is 0 Å². The molecule has 1 N–H and O–H groups in total. The molecule has 2 heterocycles. The summed E-state index contributed by atoms with van der Waals surface area (Å²) in [6.45, 7) is 0.998. The maximum Gasteiger partial charge on any atom is 0.240 e. The molecule has 3 aromatic rings. The molecule has 0 unspecified atom stereocenters. The molecule has 6 heteroatoms. The number of ether oxygens (including phenoxy) is 2. The Balaban J connectivity index is 1.41. The average Bonchev–Trinajstić information content (AvgIpc) is 3.19. The minimum Gasteiger partial charge on any atom is -0.454 e. The van der Waals surface area contributed by atoms with Crippen LogP contribution >= 0.6 is 15.9 Å². The zero-order valence-corrected chi connectivity index (χ0v) is 14.4. The van der Waals surface area contributed by atoms with E-state index in [0.717, 1.165) is 32.4 Å². The first kappa shape index (κ1) is 15.1. The van der Waals surface area contributed by atoms with Gasteiger partial charge in [-0.3, -0.25) is 4.79 Å². The molecule has 2 aromatic carbocycles. The van der Waals surface area contributed by atoms with Crippen molar-refractivity contribution in [3.8, 4) is 11.5 Å². The molecule has 0 radical (unpaired) electrons. The van der Waals surface area contributed by atoms with Crippen molar-refractivity contribution in [3.63, 3.8) is 0 Å². The van der Waals surface area contributed by atoms with Crippen LogP contribution in [0.1, 0.15) is 5.56 Å². The van der Waals surface area contributed by atoms with Crippen LogP contribution in [0.15, 0.2) is 53.1 Å². The second-order valence-corrected chi connectivity index (χ2v) is 6.53. The molecule has 1 amide bonds. The van der Waals surface area contributed by atoms with Crippen molar-refractivity contribution in [2.45, 2.75) is 13.1 Å². The van der Waals surface area contributed by atoms with Crippen LogP contribution in [-0.4, -0.2) is 17.3 Å². The van der Waals surface area contributed by atoms with Gasteiger partial charge < -0.3 is 19.4 Å². The lowest BCUT2D eigenvalue weighted by Crippen LogP contribution is -2.26. The van der Waals surface area contributed by atoms with Gasteiger partial charge in [-0.15, -0.1) is 0 Å². The highest BCUT2D eigenvalue weighted by atomic mass is 79.9. The Morgan fingerprint density at radius 1 is 1.12 bits per heavy atom. The first-order chi connectivity index (χ1) is 11.7. The van der Waals surface area contributed by atoms with E-state index in [1.54, 1.807) is 0 Å². The molecular formula is C18H15BrN2O3. The molecule has 1 aromatic heterocycles. The summed E-state index contributed by atoms with van der Waals surface area (Å²) in [6, 6.07) is 13.7. The molecule has 0 aliphatic carbocycles. The van der Waals surface area contributed by atoms with Crippen molar-refractivity contribution in [1.29, 1.82) is 0 Å². The van der Waals surface area contributed by atoms with Crippen molar-refractivity contribution in [3.05, 3.63) is 58.7 Å². The number of hydrogen-bond donors (Lipinski definition) is 1. The second kappa shape index (κ2) is 6.20. The summed E-state index contributed by atoms with van der Waals surface area (Å²) in [5.74, 6) is 1.44. The van der Waals surface area contributed by atoms with E-state index >= 15 is 0 Å². The Kier molecular flexibility index (Phi) is 3.90. The van der Waals surface area contributed by atoms with E-state index in [4.69, 9.17) is 9.47 Å². The van der Waals surface area contributed by atoms with Gasteiger partial charge in [0, 0.05) is 28.1 Å². The van der Waals surface area contributed by atoms with Gasteiger partial charge in [0.05, 0.1) is 0 Å². The number of benzene rings is 2. The minimum atomic E-state index is -0.0342. The number of nitrogens with zero attached hydrogens (tertiary/aromatic N) is 1. The molecule has 4 rings (SSSR count). The molecule has 0 saturated carbocycles. The van der Waals surface area contributed by atoms with Gasteiger partial charge >= 0.3 is 0 Å². The highest BCUT2D eigenvalue weighted by Crippen LogP contribution is 2.32. The average molecular weight is 387 g/mol. The number of rotatable bonds is 4. The summed E-state index contributed by atoms with van der Waals surface area (Å²) in [5, 5.41) is 4.04. The maximum atomic E-state index is 12.2. The summed E-state index contributed by atoms with van der Waals surface area (Å²) in [5.41, 5.74) is 2.02. The van der Waals surface area contributed by atoms with Crippen LogP contribution in [0.25, 0.3) is 10.9 Å². The Morgan fingerprint density at radius 2 is 2.00 bits per heavy atom. The first-order valence-corrected chi connectivity index (χ1v) is 8.38. The van der Waals surface area contributed by atoms with E-state index < -0.39 is 0 Å². The largest absolute Gasteiger partial charge is 0.454 e. The van der Waals surface area contributed by atoms with Crippen LogP contribution in [0, 0.1) is 0 Å². The Bertz CT molecular complexity index is 920. The number of carbonyl (C=O) groups excluding carboxylic acids is 1. The maximum absolute atomic E-state index is 12.2. The van der Waals surface area contributed by atoms with Gasteiger partial charge in [-0.05, 0) is 42.0 Å². The third kappa shape index (κ3) is 2.97. The quantitative estimate of drug-likeness (QED) is 0.746. The van der Waals surface area contributed by atoms with Crippen molar-refractivity contribution in [2.75, 3.05) is 6.79 Å². The molecule has 5 nitrogen and oxygen atoms in total. The van der Waals surface area contributed by atoms with Gasteiger partial charge in [0.2, 0.25) is 12.7 Å². The number of fused-ring (bicyclic) bond motifs is 2. The topological polar surface area (TPSA) is 52.5 Å². The number of amides is 1. The van der Waals surface area contributed by atoms with Crippen molar-refractivity contribution >= 4 is 32.7 Å². The summed E-state index contributed by atoms with van der Waals surface area (Å²) in [6.07, 6.45) is 1.93. The van der Waals surface area contributed by atoms with E-state index in [-0.39, 0.29) is 19.2 Å². The lowest BCUT2D eigenvalue weighted by molar-refractivity contribution is -0.121. The molecule has 0 atom stereocenters. The van der Waals surface area contributed by atoms with Crippen LogP contribution < -0.4 is 14.8 Å². The minimum absolute atomic E-state index is 0.0342. The van der Waals surface area contributed by atoms with Gasteiger partial charge in [-0.1, -0.05) is 22.0 Å². The van der Waals surface area contributed by atoms with E-state index in [0.29, 0.717) is 6.54 Å². The Labute approximate surface area is 147 Å². The lowest BCUT2D eigenvalue weighted by Gasteiger charge is -2.08. The van der Waals surface area contributed by atoms with Crippen LogP contribution in [0.2, 0.25) is 0 Å². The predicted octanol–water partition coefficient (Wildman–Crippen LogP) is 3.45. The number of hydrogen-bond acceptors (Lipinski definition) is 3. The lowest BCUT2D eigenvalue weighted by atomic mass is 10.2. The molecule has 24 heavy (non-hydrogen) atoms. The smallest absolute Gasteiger partial charge is 0.240 e. The van der Waals surface area contributed by atoms with Crippen LogP contribution in [0.5, 0.6) is 11.5 Å². The highest BCUT2D eigenvalue weighted by Gasteiger charge is 2.13. The summed E-state index contributed by atoms with van der Waals surface area (Å²) in [7, 11) is 0. The van der Waals surface area contributed by atoms with Crippen LogP contribution in [0.3, 0.4) is 0 Å². The fraction of sp³-hybridized carbons (Fsp3) is 0.167. The Morgan fingerprint density at radius 3 is 2.92 bits per heavy atom. The third-order valence-corrected chi connectivity index (χ3v) is 4.47. The molecular weight excluding hydrogens is 372 g/mol. The van der Waals surface area contributed by atoms with E-state index in [1.807, 2.05) is 53.2 Å². The second-order valence-electron chi connectivity index (χ2n) is 5.61. The molecule has 0 spiro atoms. The molecule has 0 bridgehead atoms. The van der Waals surface area contributed by atoms with E-state index in [9.17, 15) is 4.79 Å². The van der Waals surface area contributed by atoms with Gasteiger partial charge in [0.15, 0.2) is 11.5 Å². The molecule has 122 valence electrons. The van der Waals surface area contributed by atoms with E-state index in [1.165, 1.54) is 0 Å². The van der Waals surface area contributed by atoms with Gasteiger partial charge in [-0.25, -0.2) is 0 Å². The zero-order valence-electron chi connectivity index (χ0n) is 12.8. The zero-order chi connectivity index (χ0) is 16.5. The fourth-order valence-corrected chi connectivity index (χ4v) is 3.15. The predicted molar refractivity (Wildman–Crippen MR) is 94.0 cm³/mol. The van der Waals surface area contributed by atoms with Crippen LogP contribution in [0.4, 0.5) is 0 Å². The highest BCUT2D eigenvalue weighted by molar-refractivity contribution is 9.10. The fourth-order valence-electron chi connectivity index (χ4n) is 2.77. The summed E-state index contributed by atoms with van der Waals surface area (Å²) < 4.78 is 13.6. The summed E-state index contributed by atoms with van der Waals surface area (Å²) >= 11 is 3.46. The van der Waals surface area contributed by atoms with Crippen molar-refractivity contribution in [2.24, 2.45) is 0 Å². The number of nitrogens with one attached hydrogen (secondary N) is 1. The first-order valence-electron chi connectivity index (χ1n) is 7.59. The van der Waals surface area contributed by atoms with Crippen LogP contribution in [-0.2, 0) is 17.9 Å². The molecule has 1 aliphatic rings. The van der Waals surface area contributed by atoms with Gasteiger partial charge in [0.1, 0.15) is 6.54 Å². The van der Waals surface area contributed by atoms with Crippen molar-refractivity contribution in [1.82, 2.24) is 9.88 Å². The number of carbonyl (C=O) groups is 1.